The van der Waals surface area contributed by atoms with Gasteiger partial charge in [0.1, 0.15) is 0 Å². The van der Waals surface area contributed by atoms with Crippen LogP contribution in [0.1, 0.15) is 42.2 Å². The van der Waals surface area contributed by atoms with Crippen molar-refractivity contribution in [2.75, 3.05) is 7.11 Å². The molecule has 1 unspecified atom stereocenters. The summed E-state index contributed by atoms with van der Waals surface area (Å²) < 4.78 is 4.68. The molecular weight excluding hydrogens is 202 g/mol. The molecule has 0 spiro atoms. The maximum atomic E-state index is 11.4. The molecule has 0 saturated carbocycles. The molecule has 88 valence electrons. The molecule has 0 aromatic heterocycles. The second kappa shape index (κ2) is 5.66. The highest BCUT2D eigenvalue weighted by Gasteiger charge is 2.14. The van der Waals surface area contributed by atoms with Crippen LogP contribution in [0, 0.1) is 5.92 Å². The lowest BCUT2D eigenvalue weighted by molar-refractivity contribution is 0.0600. The Morgan fingerprint density at radius 3 is 2.75 bits per heavy atom. The second-order valence-corrected chi connectivity index (χ2v) is 4.03. The number of rotatable bonds is 4. The minimum atomic E-state index is -0.321. The standard InChI is InChI=1S/C13H19NO2/c1-4-9(2)12(14)10-6-5-7-11(8-10)13(15)16-3/h5-9,12H,4,14H2,1-3H3/t9?,12-/m0/s1. The monoisotopic (exact) mass is 221 g/mol. The normalized spacial score (nSPS) is 14.2. The summed E-state index contributed by atoms with van der Waals surface area (Å²) in [5.74, 6) is 0.0751. The largest absolute Gasteiger partial charge is 0.465 e. The average molecular weight is 221 g/mol. The molecule has 0 saturated heterocycles. The summed E-state index contributed by atoms with van der Waals surface area (Å²) in [5, 5.41) is 0. The van der Waals surface area contributed by atoms with E-state index in [2.05, 4.69) is 18.6 Å². The third kappa shape index (κ3) is 2.83. The van der Waals surface area contributed by atoms with Crippen LogP contribution in [0.15, 0.2) is 24.3 Å². The number of carbonyl (C=O) groups is 1. The van der Waals surface area contributed by atoms with Crippen molar-refractivity contribution in [3.05, 3.63) is 35.4 Å². The molecule has 0 radical (unpaired) electrons. The SMILES string of the molecule is CCC(C)[C@H](N)c1cccc(C(=O)OC)c1. The summed E-state index contributed by atoms with van der Waals surface area (Å²) in [7, 11) is 1.38. The van der Waals surface area contributed by atoms with Crippen molar-refractivity contribution in [1.29, 1.82) is 0 Å². The summed E-state index contributed by atoms with van der Waals surface area (Å²) in [6.07, 6.45) is 1.02. The first-order chi connectivity index (χ1) is 7.60. The molecule has 0 bridgehead atoms. The van der Waals surface area contributed by atoms with Crippen molar-refractivity contribution < 1.29 is 9.53 Å². The Kier molecular flexibility index (Phi) is 4.50. The zero-order valence-electron chi connectivity index (χ0n) is 10.1. The smallest absolute Gasteiger partial charge is 0.337 e. The zero-order chi connectivity index (χ0) is 12.1. The molecule has 2 N–H and O–H groups in total. The van der Waals surface area contributed by atoms with Crippen LogP contribution in [-0.4, -0.2) is 13.1 Å². The fourth-order valence-electron chi connectivity index (χ4n) is 1.57. The van der Waals surface area contributed by atoms with Gasteiger partial charge in [-0.05, 0) is 23.6 Å². The van der Waals surface area contributed by atoms with Crippen molar-refractivity contribution in [1.82, 2.24) is 0 Å². The number of hydrogen-bond acceptors (Lipinski definition) is 3. The Bertz CT molecular complexity index is 363. The summed E-state index contributed by atoms with van der Waals surface area (Å²) in [4.78, 5) is 11.4. The van der Waals surface area contributed by atoms with E-state index in [0.717, 1.165) is 12.0 Å². The first-order valence-electron chi connectivity index (χ1n) is 5.54. The van der Waals surface area contributed by atoms with E-state index in [4.69, 9.17) is 5.73 Å². The first kappa shape index (κ1) is 12.7. The lowest BCUT2D eigenvalue weighted by Crippen LogP contribution is -2.19. The topological polar surface area (TPSA) is 52.3 Å². The third-order valence-corrected chi connectivity index (χ3v) is 2.95. The quantitative estimate of drug-likeness (QED) is 0.795. The van der Waals surface area contributed by atoms with Gasteiger partial charge < -0.3 is 10.5 Å². The highest BCUT2D eigenvalue weighted by molar-refractivity contribution is 5.89. The Morgan fingerprint density at radius 1 is 1.50 bits per heavy atom. The van der Waals surface area contributed by atoms with Gasteiger partial charge in [0.05, 0.1) is 12.7 Å². The second-order valence-electron chi connectivity index (χ2n) is 4.03. The summed E-state index contributed by atoms with van der Waals surface area (Å²) in [5.41, 5.74) is 7.65. The van der Waals surface area contributed by atoms with Gasteiger partial charge >= 0.3 is 5.97 Å². The number of benzene rings is 1. The molecule has 1 rings (SSSR count). The lowest BCUT2D eigenvalue weighted by atomic mass is 9.92. The van der Waals surface area contributed by atoms with Crippen molar-refractivity contribution in [2.24, 2.45) is 11.7 Å². The van der Waals surface area contributed by atoms with Crippen LogP contribution in [0.2, 0.25) is 0 Å². The minimum Gasteiger partial charge on any atom is -0.465 e. The number of hydrogen-bond donors (Lipinski definition) is 1. The van der Waals surface area contributed by atoms with Gasteiger partial charge in [-0.1, -0.05) is 32.4 Å². The van der Waals surface area contributed by atoms with Crippen LogP contribution in [0.25, 0.3) is 0 Å². The average Bonchev–Trinajstić information content (AvgIpc) is 2.36. The Hall–Kier alpha value is -1.35. The van der Waals surface area contributed by atoms with Gasteiger partial charge in [0.25, 0.3) is 0 Å². The van der Waals surface area contributed by atoms with Gasteiger partial charge in [-0.2, -0.15) is 0 Å². The molecular formula is C13H19NO2. The van der Waals surface area contributed by atoms with Crippen LogP contribution >= 0.6 is 0 Å². The first-order valence-corrected chi connectivity index (χ1v) is 5.54. The van der Waals surface area contributed by atoms with Crippen LogP contribution in [0.4, 0.5) is 0 Å². The summed E-state index contributed by atoms with van der Waals surface area (Å²) in [6, 6.07) is 7.30. The van der Waals surface area contributed by atoms with E-state index in [9.17, 15) is 4.79 Å². The molecule has 2 atom stereocenters. The predicted octanol–water partition coefficient (Wildman–Crippen LogP) is 2.52. The van der Waals surface area contributed by atoms with Gasteiger partial charge in [-0.15, -0.1) is 0 Å². The van der Waals surface area contributed by atoms with Crippen LogP contribution in [0.5, 0.6) is 0 Å². The Labute approximate surface area is 96.6 Å². The van der Waals surface area contributed by atoms with E-state index >= 15 is 0 Å². The molecule has 1 aromatic rings. The molecule has 1 aromatic carbocycles. The number of esters is 1. The van der Waals surface area contributed by atoms with Crippen molar-refractivity contribution >= 4 is 5.97 Å². The van der Waals surface area contributed by atoms with Gasteiger partial charge in [0.2, 0.25) is 0 Å². The Morgan fingerprint density at radius 2 is 2.19 bits per heavy atom. The maximum absolute atomic E-state index is 11.4. The van der Waals surface area contributed by atoms with Gasteiger partial charge in [0, 0.05) is 6.04 Å². The van der Waals surface area contributed by atoms with Crippen LogP contribution in [0.3, 0.4) is 0 Å². The number of carbonyl (C=O) groups excluding carboxylic acids is 1. The van der Waals surface area contributed by atoms with E-state index in [1.807, 2.05) is 18.2 Å². The van der Waals surface area contributed by atoms with Crippen molar-refractivity contribution in [3.8, 4) is 0 Å². The fourth-order valence-corrected chi connectivity index (χ4v) is 1.57. The van der Waals surface area contributed by atoms with Crippen molar-refractivity contribution in [2.45, 2.75) is 26.3 Å². The molecule has 0 heterocycles. The summed E-state index contributed by atoms with van der Waals surface area (Å²) >= 11 is 0. The highest BCUT2D eigenvalue weighted by Crippen LogP contribution is 2.22. The number of ether oxygens (including phenoxy) is 1. The number of methoxy groups -OCH3 is 1. The molecule has 0 amide bonds. The fraction of sp³-hybridized carbons (Fsp3) is 0.462. The molecule has 0 aliphatic rings. The van der Waals surface area contributed by atoms with Crippen molar-refractivity contribution in [3.63, 3.8) is 0 Å². The maximum Gasteiger partial charge on any atom is 0.337 e. The van der Waals surface area contributed by atoms with Gasteiger partial charge in [0.15, 0.2) is 0 Å². The summed E-state index contributed by atoms with van der Waals surface area (Å²) in [6.45, 7) is 4.21. The zero-order valence-corrected chi connectivity index (χ0v) is 10.1. The minimum absolute atomic E-state index is 0.0328. The molecule has 0 aliphatic heterocycles. The van der Waals surface area contributed by atoms with E-state index < -0.39 is 0 Å². The molecule has 16 heavy (non-hydrogen) atoms. The molecule has 3 heteroatoms. The lowest BCUT2D eigenvalue weighted by Gasteiger charge is -2.19. The van der Waals surface area contributed by atoms with E-state index in [-0.39, 0.29) is 12.0 Å². The van der Waals surface area contributed by atoms with Gasteiger partial charge in [-0.3, -0.25) is 0 Å². The van der Waals surface area contributed by atoms with Crippen LogP contribution in [-0.2, 0) is 4.74 Å². The van der Waals surface area contributed by atoms with Crippen LogP contribution < -0.4 is 5.73 Å². The predicted molar refractivity (Wildman–Crippen MR) is 64.2 cm³/mol. The molecule has 0 aliphatic carbocycles. The van der Waals surface area contributed by atoms with E-state index in [1.165, 1.54) is 7.11 Å². The van der Waals surface area contributed by atoms with E-state index in [1.54, 1.807) is 6.07 Å². The number of nitrogens with two attached hydrogens (primary N) is 1. The molecule has 3 nitrogen and oxygen atoms in total. The van der Waals surface area contributed by atoms with Gasteiger partial charge in [-0.25, -0.2) is 4.79 Å². The third-order valence-electron chi connectivity index (χ3n) is 2.95. The Balaban J connectivity index is 2.94. The molecule has 0 fully saturated rings. The highest BCUT2D eigenvalue weighted by atomic mass is 16.5. The van der Waals surface area contributed by atoms with E-state index in [0.29, 0.717) is 11.5 Å².